The number of hydrogen-bond acceptors (Lipinski definition) is 3. The van der Waals surface area contributed by atoms with Crippen molar-refractivity contribution in [2.75, 3.05) is 26.8 Å². The predicted molar refractivity (Wildman–Crippen MR) is 93.9 cm³/mol. The number of piperidine rings is 1. The number of likely N-dealkylation sites (tertiary alicyclic amines) is 1. The summed E-state index contributed by atoms with van der Waals surface area (Å²) in [6.07, 6.45) is 2.62. The highest BCUT2D eigenvalue weighted by atomic mass is 16.5. The Labute approximate surface area is 144 Å². The van der Waals surface area contributed by atoms with Crippen LogP contribution >= 0.6 is 0 Å². The Kier molecular flexibility index (Phi) is 6.79. The van der Waals surface area contributed by atoms with Gasteiger partial charge in [-0.1, -0.05) is 19.1 Å². The Morgan fingerprint density at radius 2 is 1.96 bits per heavy atom. The Morgan fingerprint density at radius 1 is 1.25 bits per heavy atom. The highest BCUT2D eigenvalue weighted by Crippen LogP contribution is 2.24. The number of carbonyl (C=O) groups excluding carboxylic acids is 2. The quantitative estimate of drug-likeness (QED) is 0.813. The van der Waals surface area contributed by atoms with Crippen LogP contribution in [0.1, 0.15) is 42.6 Å². The van der Waals surface area contributed by atoms with Gasteiger partial charge in [-0.25, -0.2) is 0 Å². The van der Waals surface area contributed by atoms with E-state index in [-0.39, 0.29) is 23.8 Å². The summed E-state index contributed by atoms with van der Waals surface area (Å²) >= 11 is 0. The normalized spacial score (nSPS) is 20.7. The molecule has 5 heteroatoms. The standard InChI is InChI=1S/C19H28N2O3/c1-4-15-6-9-16(10-7-15)19(23)21-13-17(8-5-14(21)2)18(22)20-11-12-24-3/h6-7,9-10,14,17H,4-5,8,11-13H2,1-3H3,(H,20,22)/t14-,17-/m0/s1. The van der Waals surface area contributed by atoms with Gasteiger partial charge in [0.1, 0.15) is 0 Å². The average molecular weight is 332 g/mol. The molecule has 5 nitrogen and oxygen atoms in total. The molecule has 1 aliphatic rings. The van der Waals surface area contributed by atoms with Crippen LogP contribution in [0.5, 0.6) is 0 Å². The van der Waals surface area contributed by atoms with E-state index >= 15 is 0 Å². The molecule has 1 aromatic carbocycles. The first kappa shape index (κ1) is 18.5. The molecule has 1 saturated heterocycles. The number of amides is 2. The lowest BCUT2D eigenvalue weighted by molar-refractivity contribution is -0.126. The summed E-state index contributed by atoms with van der Waals surface area (Å²) in [5.41, 5.74) is 1.91. The fraction of sp³-hybridized carbons (Fsp3) is 0.579. The van der Waals surface area contributed by atoms with E-state index < -0.39 is 0 Å². The lowest BCUT2D eigenvalue weighted by Gasteiger charge is -2.37. The number of aryl methyl sites for hydroxylation is 1. The monoisotopic (exact) mass is 332 g/mol. The number of methoxy groups -OCH3 is 1. The molecule has 0 unspecified atom stereocenters. The van der Waals surface area contributed by atoms with Crippen LogP contribution in [0.3, 0.4) is 0 Å². The molecule has 0 spiro atoms. The highest BCUT2D eigenvalue weighted by molar-refractivity contribution is 5.95. The average Bonchev–Trinajstić information content (AvgIpc) is 2.61. The first-order valence-corrected chi connectivity index (χ1v) is 8.73. The van der Waals surface area contributed by atoms with Crippen LogP contribution in [0.2, 0.25) is 0 Å². The Hall–Kier alpha value is -1.88. The fourth-order valence-electron chi connectivity index (χ4n) is 3.07. The van der Waals surface area contributed by atoms with E-state index in [0.29, 0.717) is 25.3 Å². The summed E-state index contributed by atoms with van der Waals surface area (Å²) in [6.45, 7) is 5.64. The number of hydrogen-bond donors (Lipinski definition) is 1. The summed E-state index contributed by atoms with van der Waals surface area (Å²) in [6, 6.07) is 7.92. The summed E-state index contributed by atoms with van der Waals surface area (Å²) in [5, 5.41) is 2.88. The molecular formula is C19H28N2O3. The van der Waals surface area contributed by atoms with Gasteiger partial charge in [0.25, 0.3) is 5.91 Å². The number of nitrogens with zero attached hydrogens (tertiary/aromatic N) is 1. The summed E-state index contributed by atoms with van der Waals surface area (Å²) in [5.74, 6) is -0.116. The minimum absolute atomic E-state index is 0.0121. The zero-order valence-electron chi connectivity index (χ0n) is 14.9. The van der Waals surface area contributed by atoms with Crippen molar-refractivity contribution in [1.82, 2.24) is 10.2 Å². The van der Waals surface area contributed by atoms with Gasteiger partial charge in [-0.3, -0.25) is 9.59 Å². The molecule has 0 saturated carbocycles. The fourth-order valence-corrected chi connectivity index (χ4v) is 3.07. The summed E-state index contributed by atoms with van der Waals surface area (Å²) in [4.78, 5) is 26.9. The maximum atomic E-state index is 12.8. The lowest BCUT2D eigenvalue weighted by Crippen LogP contribution is -2.49. The van der Waals surface area contributed by atoms with E-state index in [2.05, 4.69) is 19.2 Å². The number of ether oxygens (including phenoxy) is 1. The van der Waals surface area contributed by atoms with Crippen LogP contribution in [-0.4, -0.2) is 49.6 Å². The first-order chi connectivity index (χ1) is 11.6. The smallest absolute Gasteiger partial charge is 0.254 e. The SMILES string of the molecule is CCc1ccc(C(=O)N2C[C@@H](C(=O)NCCOC)CC[C@@H]2C)cc1. The van der Waals surface area contributed by atoms with Crippen LogP contribution in [0, 0.1) is 5.92 Å². The van der Waals surface area contributed by atoms with Crippen molar-refractivity contribution in [3.05, 3.63) is 35.4 Å². The molecule has 1 fully saturated rings. The molecule has 2 rings (SSSR count). The number of rotatable bonds is 6. The maximum Gasteiger partial charge on any atom is 0.254 e. The topological polar surface area (TPSA) is 58.6 Å². The van der Waals surface area contributed by atoms with Crippen LogP contribution < -0.4 is 5.32 Å². The van der Waals surface area contributed by atoms with Crippen LogP contribution in [-0.2, 0) is 16.0 Å². The Balaban J connectivity index is 2.01. The van der Waals surface area contributed by atoms with E-state index in [1.807, 2.05) is 29.2 Å². The van der Waals surface area contributed by atoms with Crippen molar-refractivity contribution in [2.45, 2.75) is 39.2 Å². The second-order valence-corrected chi connectivity index (χ2v) is 6.42. The molecule has 1 aliphatic heterocycles. The van der Waals surface area contributed by atoms with Crippen LogP contribution in [0.25, 0.3) is 0 Å². The van der Waals surface area contributed by atoms with E-state index in [0.717, 1.165) is 19.3 Å². The van der Waals surface area contributed by atoms with E-state index in [9.17, 15) is 9.59 Å². The largest absolute Gasteiger partial charge is 0.383 e. The van der Waals surface area contributed by atoms with Crippen molar-refractivity contribution in [3.8, 4) is 0 Å². The minimum atomic E-state index is -0.142. The van der Waals surface area contributed by atoms with Crippen LogP contribution in [0.4, 0.5) is 0 Å². The molecule has 2 amide bonds. The number of nitrogens with one attached hydrogen (secondary N) is 1. The molecule has 0 radical (unpaired) electrons. The summed E-state index contributed by atoms with van der Waals surface area (Å²) < 4.78 is 4.95. The van der Waals surface area contributed by atoms with Gasteiger partial charge in [-0.15, -0.1) is 0 Å². The van der Waals surface area contributed by atoms with E-state index in [4.69, 9.17) is 4.74 Å². The van der Waals surface area contributed by atoms with Crippen molar-refractivity contribution in [1.29, 1.82) is 0 Å². The first-order valence-electron chi connectivity index (χ1n) is 8.73. The molecule has 1 N–H and O–H groups in total. The molecule has 0 aliphatic carbocycles. The Bertz CT molecular complexity index is 556. The molecule has 0 bridgehead atoms. The van der Waals surface area contributed by atoms with Gasteiger partial charge < -0.3 is 15.0 Å². The Morgan fingerprint density at radius 3 is 2.58 bits per heavy atom. The summed E-state index contributed by atoms with van der Waals surface area (Å²) in [7, 11) is 1.61. The maximum absolute atomic E-state index is 12.8. The third-order valence-corrected chi connectivity index (χ3v) is 4.73. The van der Waals surface area contributed by atoms with Gasteiger partial charge in [-0.2, -0.15) is 0 Å². The molecule has 1 aromatic rings. The lowest BCUT2D eigenvalue weighted by atomic mass is 9.92. The number of benzene rings is 1. The van der Waals surface area contributed by atoms with Gasteiger partial charge in [-0.05, 0) is 43.9 Å². The minimum Gasteiger partial charge on any atom is -0.383 e. The molecule has 2 atom stereocenters. The van der Waals surface area contributed by atoms with E-state index in [1.165, 1.54) is 5.56 Å². The van der Waals surface area contributed by atoms with Crippen molar-refractivity contribution < 1.29 is 14.3 Å². The van der Waals surface area contributed by atoms with Crippen molar-refractivity contribution in [3.63, 3.8) is 0 Å². The van der Waals surface area contributed by atoms with Gasteiger partial charge in [0.15, 0.2) is 0 Å². The molecule has 24 heavy (non-hydrogen) atoms. The van der Waals surface area contributed by atoms with Gasteiger partial charge in [0.2, 0.25) is 5.91 Å². The third kappa shape index (κ3) is 4.57. The van der Waals surface area contributed by atoms with Gasteiger partial charge in [0, 0.05) is 31.8 Å². The van der Waals surface area contributed by atoms with Crippen LogP contribution in [0.15, 0.2) is 24.3 Å². The highest BCUT2D eigenvalue weighted by Gasteiger charge is 2.32. The zero-order chi connectivity index (χ0) is 17.5. The molecule has 132 valence electrons. The third-order valence-electron chi connectivity index (χ3n) is 4.73. The van der Waals surface area contributed by atoms with Crippen molar-refractivity contribution in [2.24, 2.45) is 5.92 Å². The van der Waals surface area contributed by atoms with Gasteiger partial charge in [0.05, 0.1) is 12.5 Å². The molecular weight excluding hydrogens is 304 g/mol. The van der Waals surface area contributed by atoms with Gasteiger partial charge >= 0.3 is 0 Å². The molecule has 0 aromatic heterocycles. The number of carbonyl (C=O) groups is 2. The van der Waals surface area contributed by atoms with Crippen molar-refractivity contribution >= 4 is 11.8 Å². The van der Waals surface area contributed by atoms with E-state index in [1.54, 1.807) is 7.11 Å². The molecule has 1 heterocycles. The predicted octanol–water partition coefficient (Wildman–Crippen LogP) is 2.25. The second kappa shape index (κ2) is 8.83. The second-order valence-electron chi connectivity index (χ2n) is 6.42. The zero-order valence-corrected chi connectivity index (χ0v) is 14.9.